The molecule has 0 aliphatic rings. The third-order valence-corrected chi connectivity index (χ3v) is 2.29. The van der Waals surface area contributed by atoms with E-state index in [0.717, 1.165) is 5.92 Å². The fourth-order valence-corrected chi connectivity index (χ4v) is 1.70. The number of hydrogen-bond donors (Lipinski definition) is 1. The lowest BCUT2D eigenvalue weighted by Crippen LogP contribution is -2.17. The van der Waals surface area contributed by atoms with Crippen LogP contribution in [0.2, 0.25) is 0 Å². The summed E-state index contributed by atoms with van der Waals surface area (Å²) in [4.78, 5) is 0. The van der Waals surface area contributed by atoms with Gasteiger partial charge in [0.05, 0.1) is 0 Å². The third-order valence-electron chi connectivity index (χ3n) is 2.29. The summed E-state index contributed by atoms with van der Waals surface area (Å²) in [5, 5.41) is 3.50. The van der Waals surface area contributed by atoms with Crippen molar-refractivity contribution in [2.45, 2.75) is 40.2 Å². The van der Waals surface area contributed by atoms with E-state index in [-0.39, 0.29) is 0 Å². The maximum absolute atomic E-state index is 3.50. The van der Waals surface area contributed by atoms with E-state index in [4.69, 9.17) is 0 Å². The van der Waals surface area contributed by atoms with Gasteiger partial charge in [-0.15, -0.1) is 0 Å². The van der Waals surface area contributed by atoms with Crippen LogP contribution in [-0.4, -0.2) is 6.04 Å². The van der Waals surface area contributed by atoms with Gasteiger partial charge in [0.15, 0.2) is 0 Å². The fourth-order valence-electron chi connectivity index (χ4n) is 1.70. The number of anilines is 1. The Hall–Kier alpha value is -0.980. The summed E-state index contributed by atoms with van der Waals surface area (Å²) in [5.74, 6) is 0.753. The zero-order chi connectivity index (χ0) is 10.6. The van der Waals surface area contributed by atoms with Crippen LogP contribution in [0.5, 0.6) is 0 Å². The van der Waals surface area contributed by atoms with Gasteiger partial charge < -0.3 is 5.32 Å². The van der Waals surface area contributed by atoms with Crippen LogP contribution in [0.25, 0.3) is 0 Å². The Bertz CT molecular complexity index is 261. The number of nitrogens with one attached hydrogen (secondary N) is 1. The largest absolute Gasteiger partial charge is 0.383 e. The monoisotopic (exact) mass is 191 g/mol. The highest BCUT2D eigenvalue weighted by Crippen LogP contribution is 2.13. The summed E-state index contributed by atoms with van der Waals surface area (Å²) in [5.41, 5.74) is 2.54. The van der Waals surface area contributed by atoms with Gasteiger partial charge in [-0.05, 0) is 38.3 Å². The topological polar surface area (TPSA) is 12.0 Å². The number of benzene rings is 1. The molecule has 0 aliphatic carbocycles. The van der Waals surface area contributed by atoms with Crippen molar-refractivity contribution >= 4 is 5.69 Å². The average molecular weight is 191 g/mol. The van der Waals surface area contributed by atoms with Gasteiger partial charge >= 0.3 is 0 Å². The summed E-state index contributed by atoms with van der Waals surface area (Å²) in [6, 6.07) is 9.13. The molecule has 0 bridgehead atoms. The number of rotatable bonds is 4. The van der Waals surface area contributed by atoms with E-state index < -0.39 is 0 Å². The minimum Gasteiger partial charge on any atom is -0.383 e. The summed E-state index contributed by atoms with van der Waals surface area (Å²) >= 11 is 0. The summed E-state index contributed by atoms with van der Waals surface area (Å²) in [7, 11) is 0. The highest BCUT2D eigenvalue weighted by Gasteiger charge is 2.03. The van der Waals surface area contributed by atoms with Crippen molar-refractivity contribution in [3.63, 3.8) is 0 Å². The molecule has 1 aromatic rings. The Morgan fingerprint density at radius 1 is 1.07 bits per heavy atom. The van der Waals surface area contributed by atoms with Crippen LogP contribution in [0.3, 0.4) is 0 Å². The van der Waals surface area contributed by atoms with Crippen LogP contribution in [0, 0.1) is 12.8 Å². The van der Waals surface area contributed by atoms with Crippen LogP contribution in [0.15, 0.2) is 24.3 Å². The molecule has 0 fully saturated rings. The van der Waals surface area contributed by atoms with Crippen LogP contribution in [0.1, 0.15) is 32.8 Å². The SMILES string of the molecule is Cc1ccc(N[C@@H](C)CC(C)C)cc1. The Kier molecular flexibility index (Phi) is 3.99. The maximum atomic E-state index is 3.50. The van der Waals surface area contributed by atoms with Crippen molar-refractivity contribution in [3.05, 3.63) is 29.8 Å². The van der Waals surface area contributed by atoms with Crippen molar-refractivity contribution in [1.82, 2.24) is 0 Å². The van der Waals surface area contributed by atoms with Crippen molar-refractivity contribution in [2.24, 2.45) is 5.92 Å². The molecular weight excluding hydrogens is 170 g/mol. The first-order chi connectivity index (χ1) is 6.58. The first kappa shape index (κ1) is 11.1. The molecule has 0 aromatic heterocycles. The quantitative estimate of drug-likeness (QED) is 0.762. The molecule has 0 radical (unpaired) electrons. The molecular formula is C13H21N. The minimum atomic E-state index is 0.553. The molecule has 1 heteroatoms. The van der Waals surface area contributed by atoms with Crippen molar-refractivity contribution in [1.29, 1.82) is 0 Å². The first-order valence-corrected chi connectivity index (χ1v) is 5.41. The second kappa shape index (κ2) is 5.04. The summed E-state index contributed by atoms with van der Waals surface area (Å²) in [6.45, 7) is 8.86. The standard InChI is InChI=1S/C13H21N/c1-10(2)9-12(4)14-13-7-5-11(3)6-8-13/h5-8,10,12,14H,9H2,1-4H3/t12-/m0/s1. The summed E-state index contributed by atoms with van der Waals surface area (Å²) in [6.07, 6.45) is 1.22. The molecule has 0 spiro atoms. The van der Waals surface area contributed by atoms with Gasteiger partial charge in [-0.2, -0.15) is 0 Å². The third kappa shape index (κ3) is 3.82. The molecule has 1 N–H and O–H groups in total. The van der Waals surface area contributed by atoms with Crippen LogP contribution >= 0.6 is 0 Å². The number of hydrogen-bond acceptors (Lipinski definition) is 1. The van der Waals surface area contributed by atoms with Crippen LogP contribution < -0.4 is 5.32 Å². The van der Waals surface area contributed by atoms with Crippen molar-refractivity contribution < 1.29 is 0 Å². The van der Waals surface area contributed by atoms with Gasteiger partial charge in [-0.1, -0.05) is 31.5 Å². The minimum absolute atomic E-state index is 0.553. The summed E-state index contributed by atoms with van der Waals surface area (Å²) < 4.78 is 0. The zero-order valence-electron chi connectivity index (χ0n) is 9.67. The van der Waals surface area contributed by atoms with Gasteiger partial charge in [0.1, 0.15) is 0 Å². The van der Waals surface area contributed by atoms with Crippen LogP contribution in [0.4, 0.5) is 5.69 Å². The molecule has 78 valence electrons. The maximum Gasteiger partial charge on any atom is 0.0342 e. The Morgan fingerprint density at radius 3 is 2.14 bits per heavy atom. The normalized spacial score (nSPS) is 12.9. The molecule has 14 heavy (non-hydrogen) atoms. The Balaban J connectivity index is 2.47. The Labute approximate surface area is 87.5 Å². The van der Waals surface area contributed by atoms with E-state index in [1.165, 1.54) is 17.7 Å². The van der Waals surface area contributed by atoms with Gasteiger partial charge in [0.2, 0.25) is 0 Å². The van der Waals surface area contributed by atoms with Gasteiger partial charge in [0.25, 0.3) is 0 Å². The van der Waals surface area contributed by atoms with E-state index in [9.17, 15) is 0 Å². The second-order valence-electron chi connectivity index (χ2n) is 4.54. The molecule has 0 aliphatic heterocycles. The smallest absolute Gasteiger partial charge is 0.0342 e. The van der Waals surface area contributed by atoms with E-state index >= 15 is 0 Å². The fraction of sp³-hybridized carbons (Fsp3) is 0.538. The lowest BCUT2D eigenvalue weighted by Gasteiger charge is -2.17. The van der Waals surface area contributed by atoms with Gasteiger partial charge in [0, 0.05) is 11.7 Å². The van der Waals surface area contributed by atoms with Crippen LogP contribution in [-0.2, 0) is 0 Å². The first-order valence-electron chi connectivity index (χ1n) is 5.41. The predicted molar refractivity (Wildman–Crippen MR) is 63.7 cm³/mol. The molecule has 0 saturated heterocycles. The predicted octanol–water partition coefficient (Wildman–Crippen LogP) is 3.84. The van der Waals surface area contributed by atoms with Crippen molar-refractivity contribution in [2.75, 3.05) is 5.32 Å². The molecule has 0 heterocycles. The molecule has 1 atom stereocenters. The van der Waals surface area contributed by atoms with Gasteiger partial charge in [-0.25, -0.2) is 0 Å². The molecule has 0 saturated carbocycles. The highest BCUT2D eigenvalue weighted by molar-refractivity contribution is 5.44. The molecule has 0 unspecified atom stereocenters. The molecule has 1 rings (SSSR count). The zero-order valence-corrected chi connectivity index (χ0v) is 9.67. The van der Waals surface area contributed by atoms with E-state index in [2.05, 4.69) is 57.3 Å². The van der Waals surface area contributed by atoms with Gasteiger partial charge in [-0.3, -0.25) is 0 Å². The molecule has 1 aromatic carbocycles. The van der Waals surface area contributed by atoms with E-state index in [0.29, 0.717) is 6.04 Å². The van der Waals surface area contributed by atoms with E-state index in [1.54, 1.807) is 0 Å². The second-order valence-corrected chi connectivity index (χ2v) is 4.54. The van der Waals surface area contributed by atoms with Crippen molar-refractivity contribution in [3.8, 4) is 0 Å². The molecule has 0 amide bonds. The number of aryl methyl sites for hydroxylation is 1. The molecule has 1 nitrogen and oxygen atoms in total. The lowest BCUT2D eigenvalue weighted by atomic mass is 10.0. The van der Waals surface area contributed by atoms with E-state index in [1.807, 2.05) is 0 Å². The highest BCUT2D eigenvalue weighted by atomic mass is 14.9. The lowest BCUT2D eigenvalue weighted by molar-refractivity contribution is 0.540. The Morgan fingerprint density at radius 2 is 1.64 bits per heavy atom. The average Bonchev–Trinajstić information content (AvgIpc) is 2.07.